The largest absolute Gasteiger partial charge is 0.390 e. The fourth-order valence-electron chi connectivity index (χ4n) is 2.15. The van der Waals surface area contributed by atoms with E-state index in [1.807, 2.05) is 28.9 Å². The van der Waals surface area contributed by atoms with E-state index in [2.05, 4.69) is 33.9 Å². The number of hydrogen-bond acceptors (Lipinski definition) is 4. The first-order chi connectivity index (χ1) is 9.86. The summed E-state index contributed by atoms with van der Waals surface area (Å²) in [5.41, 5.74) is 2.82. The third-order valence-corrected chi connectivity index (χ3v) is 4.04. The summed E-state index contributed by atoms with van der Waals surface area (Å²) >= 11 is 1.70. The molecule has 1 aromatic carbocycles. The van der Waals surface area contributed by atoms with E-state index in [4.69, 9.17) is 0 Å². The van der Waals surface area contributed by atoms with Gasteiger partial charge in [0.25, 0.3) is 0 Å². The van der Waals surface area contributed by atoms with E-state index in [0.29, 0.717) is 12.2 Å². The molecule has 0 fully saturated rings. The highest BCUT2D eigenvalue weighted by molar-refractivity contribution is 7.09. The van der Waals surface area contributed by atoms with Crippen molar-refractivity contribution >= 4 is 11.3 Å². The van der Waals surface area contributed by atoms with Crippen LogP contribution >= 0.6 is 11.3 Å². The molecule has 102 valence electrons. The van der Waals surface area contributed by atoms with Crippen LogP contribution in [0.15, 0.2) is 47.8 Å². The second-order valence-corrected chi connectivity index (χ2v) is 5.57. The summed E-state index contributed by atoms with van der Waals surface area (Å²) < 4.78 is 1.88. The van der Waals surface area contributed by atoms with Gasteiger partial charge in [0, 0.05) is 11.3 Å². The molecule has 1 N–H and O–H groups in total. The molecule has 0 amide bonds. The Balaban J connectivity index is 1.89. The van der Waals surface area contributed by atoms with E-state index < -0.39 is 0 Å². The van der Waals surface area contributed by atoms with Crippen molar-refractivity contribution in [2.45, 2.75) is 19.6 Å². The second kappa shape index (κ2) is 5.98. The van der Waals surface area contributed by atoms with Crippen molar-refractivity contribution in [3.05, 3.63) is 69.7 Å². The standard InChI is InChI=1S/C15H15N3OS/c19-11-14-15(9-13-7-4-8-20-13)18(17-16-14)10-12-5-2-1-3-6-12/h1-8,19H,9-11H2. The number of hydrogen-bond donors (Lipinski definition) is 1. The molecule has 0 atom stereocenters. The Bertz CT molecular complexity index is 662. The van der Waals surface area contributed by atoms with E-state index in [0.717, 1.165) is 12.1 Å². The van der Waals surface area contributed by atoms with Crippen LogP contribution in [0.2, 0.25) is 0 Å². The summed E-state index contributed by atoms with van der Waals surface area (Å²) in [6.45, 7) is 0.601. The molecule has 0 unspecified atom stereocenters. The first kappa shape index (κ1) is 13.0. The van der Waals surface area contributed by atoms with Gasteiger partial charge in [0.2, 0.25) is 0 Å². The maximum absolute atomic E-state index is 9.41. The van der Waals surface area contributed by atoms with Gasteiger partial charge in [0.05, 0.1) is 18.8 Å². The van der Waals surface area contributed by atoms with Crippen LogP contribution in [0, 0.1) is 0 Å². The van der Waals surface area contributed by atoms with Crippen LogP contribution in [0.4, 0.5) is 0 Å². The number of nitrogens with zero attached hydrogens (tertiary/aromatic N) is 3. The highest BCUT2D eigenvalue weighted by Gasteiger charge is 2.13. The van der Waals surface area contributed by atoms with Crippen LogP contribution in [0.25, 0.3) is 0 Å². The van der Waals surface area contributed by atoms with Crippen molar-refractivity contribution in [3.8, 4) is 0 Å². The van der Waals surface area contributed by atoms with Crippen molar-refractivity contribution in [1.82, 2.24) is 15.0 Å². The molecule has 3 rings (SSSR count). The molecule has 0 bridgehead atoms. The van der Waals surface area contributed by atoms with Gasteiger partial charge in [-0.05, 0) is 17.0 Å². The van der Waals surface area contributed by atoms with Crippen LogP contribution in [0.3, 0.4) is 0 Å². The average Bonchev–Trinajstić information content (AvgIpc) is 3.11. The molecule has 0 radical (unpaired) electrons. The van der Waals surface area contributed by atoms with Crippen molar-refractivity contribution in [1.29, 1.82) is 0 Å². The summed E-state index contributed by atoms with van der Waals surface area (Å²) in [5, 5.41) is 19.7. The van der Waals surface area contributed by atoms with Gasteiger partial charge in [-0.3, -0.25) is 0 Å². The van der Waals surface area contributed by atoms with Crippen LogP contribution in [-0.4, -0.2) is 20.1 Å². The minimum absolute atomic E-state index is 0.0739. The summed E-state index contributed by atoms with van der Waals surface area (Å²) in [4.78, 5) is 1.25. The molecule has 4 nitrogen and oxygen atoms in total. The van der Waals surface area contributed by atoms with Gasteiger partial charge in [-0.25, -0.2) is 4.68 Å². The Kier molecular flexibility index (Phi) is 3.90. The van der Waals surface area contributed by atoms with Gasteiger partial charge in [-0.1, -0.05) is 41.6 Å². The molecule has 0 spiro atoms. The smallest absolute Gasteiger partial charge is 0.112 e. The van der Waals surface area contributed by atoms with Crippen LogP contribution in [-0.2, 0) is 19.6 Å². The topological polar surface area (TPSA) is 50.9 Å². The molecule has 0 saturated heterocycles. The van der Waals surface area contributed by atoms with Crippen molar-refractivity contribution < 1.29 is 5.11 Å². The average molecular weight is 285 g/mol. The molecular formula is C15H15N3OS. The van der Waals surface area contributed by atoms with Crippen LogP contribution in [0.5, 0.6) is 0 Å². The zero-order valence-corrected chi connectivity index (χ0v) is 11.8. The zero-order chi connectivity index (χ0) is 13.8. The fraction of sp³-hybridized carbons (Fsp3) is 0.200. The normalized spacial score (nSPS) is 10.8. The molecule has 5 heteroatoms. The summed E-state index contributed by atoms with van der Waals surface area (Å²) in [6, 6.07) is 14.3. The van der Waals surface area contributed by atoms with E-state index in [1.54, 1.807) is 11.3 Å². The SMILES string of the molecule is OCc1nnn(Cc2ccccc2)c1Cc1cccs1. The third kappa shape index (κ3) is 2.79. The monoisotopic (exact) mass is 285 g/mol. The fourth-order valence-corrected chi connectivity index (χ4v) is 2.86. The molecule has 0 aliphatic carbocycles. The van der Waals surface area contributed by atoms with E-state index in [-0.39, 0.29) is 6.61 Å². The quantitative estimate of drug-likeness (QED) is 0.783. The Labute approximate surface area is 121 Å². The first-order valence-electron chi connectivity index (χ1n) is 6.45. The Hall–Kier alpha value is -1.98. The molecule has 0 saturated carbocycles. The van der Waals surface area contributed by atoms with E-state index >= 15 is 0 Å². The van der Waals surface area contributed by atoms with Crippen molar-refractivity contribution in [2.75, 3.05) is 0 Å². The molecular weight excluding hydrogens is 270 g/mol. The minimum Gasteiger partial charge on any atom is -0.390 e. The van der Waals surface area contributed by atoms with Gasteiger partial charge in [-0.2, -0.15) is 0 Å². The number of thiophene rings is 1. The highest BCUT2D eigenvalue weighted by Crippen LogP contribution is 2.17. The molecule has 0 aliphatic rings. The lowest BCUT2D eigenvalue weighted by Gasteiger charge is -2.07. The second-order valence-electron chi connectivity index (χ2n) is 4.54. The van der Waals surface area contributed by atoms with Crippen molar-refractivity contribution in [3.63, 3.8) is 0 Å². The summed E-state index contributed by atoms with van der Waals surface area (Å²) in [6.07, 6.45) is 0.757. The Morgan fingerprint density at radius 1 is 1.10 bits per heavy atom. The van der Waals surface area contributed by atoms with Crippen LogP contribution < -0.4 is 0 Å². The lowest BCUT2D eigenvalue weighted by Crippen LogP contribution is -2.07. The summed E-state index contributed by atoms with van der Waals surface area (Å²) in [7, 11) is 0. The van der Waals surface area contributed by atoms with E-state index in [1.165, 1.54) is 10.4 Å². The van der Waals surface area contributed by atoms with Gasteiger partial charge in [-0.15, -0.1) is 16.4 Å². The van der Waals surface area contributed by atoms with Gasteiger partial charge >= 0.3 is 0 Å². The van der Waals surface area contributed by atoms with Gasteiger partial charge in [0.15, 0.2) is 0 Å². The molecule has 0 aliphatic heterocycles. The maximum atomic E-state index is 9.41. The Morgan fingerprint density at radius 2 is 1.95 bits per heavy atom. The molecule has 2 heterocycles. The van der Waals surface area contributed by atoms with Gasteiger partial charge < -0.3 is 5.11 Å². The molecule has 3 aromatic rings. The predicted molar refractivity (Wildman–Crippen MR) is 78.6 cm³/mol. The summed E-state index contributed by atoms with van der Waals surface area (Å²) in [5.74, 6) is 0. The van der Waals surface area contributed by atoms with Crippen molar-refractivity contribution in [2.24, 2.45) is 0 Å². The minimum atomic E-state index is -0.0739. The number of benzene rings is 1. The number of aliphatic hydroxyl groups is 1. The van der Waals surface area contributed by atoms with Crippen LogP contribution in [0.1, 0.15) is 21.8 Å². The predicted octanol–water partition coefficient (Wildman–Crippen LogP) is 2.47. The Morgan fingerprint density at radius 3 is 2.65 bits per heavy atom. The first-order valence-corrected chi connectivity index (χ1v) is 7.33. The maximum Gasteiger partial charge on any atom is 0.112 e. The highest BCUT2D eigenvalue weighted by atomic mass is 32.1. The number of rotatable bonds is 5. The lowest BCUT2D eigenvalue weighted by atomic mass is 10.2. The molecule has 2 aromatic heterocycles. The number of aliphatic hydroxyl groups excluding tert-OH is 1. The lowest BCUT2D eigenvalue weighted by molar-refractivity contribution is 0.275. The van der Waals surface area contributed by atoms with E-state index in [9.17, 15) is 5.11 Å². The third-order valence-electron chi connectivity index (χ3n) is 3.16. The molecule has 20 heavy (non-hydrogen) atoms. The van der Waals surface area contributed by atoms with Gasteiger partial charge in [0.1, 0.15) is 5.69 Å². The number of aromatic nitrogens is 3. The zero-order valence-electron chi connectivity index (χ0n) is 10.9.